The zero-order chi connectivity index (χ0) is 15.1. The molecule has 1 aliphatic heterocycles. The molecule has 120 valence electrons. The predicted octanol–water partition coefficient (Wildman–Crippen LogP) is 1.71. The van der Waals surface area contributed by atoms with E-state index in [1.807, 2.05) is 11.8 Å². The van der Waals surface area contributed by atoms with Crippen molar-refractivity contribution >= 4 is 11.8 Å². The molecule has 1 saturated carbocycles. The lowest BCUT2D eigenvalue weighted by Crippen LogP contribution is -2.52. The first-order valence-electron chi connectivity index (χ1n) is 8.39. The van der Waals surface area contributed by atoms with Gasteiger partial charge in [-0.3, -0.25) is 9.59 Å². The summed E-state index contributed by atoms with van der Waals surface area (Å²) in [6, 6.07) is 0.0600. The number of hydrogen-bond acceptors (Lipinski definition) is 3. The number of fused-ring (bicyclic) bond motifs is 1. The van der Waals surface area contributed by atoms with Crippen LogP contribution in [0.1, 0.15) is 51.9 Å². The highest BCUT2D eigenvalue weighted by Gasteiger charge is 2.36. The van der Waals surface area contributed by atoms with Crippen molar-refractivity contribution in [2.45, 2.75) is 57.9 Å². The van der Waals surface area contributed by atoms with Gasteiger partial charge in [-0.2, -0.15) is 0 Å². The number of hydrogen-bond donors (Lipinski definition) is 1. The van der Waals surface area contributed by atoms with Crippen LogP contribution in [0.2, 0.25) is 0 Å². The molecule has 2 atom stereocenters. The van der Waals surface area contributed by atoms with E-state index in [2.05, 4.69) is 5.32 Å². The Kier molecular flexibility index (Phi) is 6.49. The van der Waals surface area contributed by atoms with E-state index in [1.54, 1.807) is 0 Å². The fourth-order valence-corrected chi connectivity index (χ4v) is 3.46. The molecule has 0 aromatic rings. The minimum Gasteiger partial charge on any atom is -0.372 e. The summed E-state index contributed by atoms with van der Waals surface area (Å²) in [6.07, 6.45) is 7.09. The van der Waals surface area contributed by atoms with Gasteiger partial charge in [0.15, 0.2) is 0 Å². The third-order valence-corrected chi connectivity index (χ3v) is 4.59. The molecule has 2 rings (SSSR count). The van der Waals surface area contributed by atoms with Crippen molar-refractivity contribution in [1.29, 1.82) is 0 Å². The SMILES string of the molecule is CCOCC(=O)N1CCCCCNC(=O)[C@@H]2CCCC[C@@H]21. The van der Waals surface area contributed by atoms with Gasteiger partial charge in [0.2, 0.25) is 11.8 Å². The number of ether oxygens (including phenoxy) is 1. The molecule has 2 amide bonds. The molecule has 1 heterocycles. The fourth-order valence-electron chi connectivity index (χ4n) is 3.46. The number of nitrogens with one attached hydrogen (secondary N) is 1. The first kappa shape index (κ1) is 16.3. The summed E-state index contributed by atoms with van der Waals surface area (Å²) in [6.45, 7) is 4.12. The second-order valence-electron chi connectivity index (χ2n) is 6.03. The number of carbonyl (C=O) groups excluding carboxylic acids is 2. The van der Waals surface area contributed by atoms with Gasteiger partial charge in [0.05, 0.1) is 5.92 Å². The summed E-state index contributed by atoms with van der Waals surface area (Å²) in [5, 5.41) is 3.05. The van der Waals surface area contributed by atoms with Crippen LogP contribution in [0.25, 0.3) is 0 Å². The van der Waals surface area contributed by atoms with Crippen LogP contribution in [-0.4, -0.2) is 49.1 Å². The molecule has 0 spiro atoms. The summed E-state index contributed by atoms with van der Waals surface area (Å²) in [5.74, 6) is 0.139. The Labute approximate surface area is 127 Å². The van der Waals surface area contributed by atoms with Gasteiger partial charge in [0.1, 0.15) is 6.61 Å². The minimum atomic E-state index is -0.0394. The molecule has 1 N–H and O–H groups in total. The van der Waals surface area contributed by atoms with E-state index < -0.39 is 0 Å². The maximum Gasteiger partial charge on any atom is 0.248 e. The summed E-state index contributed by atoms with van der Waals surface area (Å²) in [5.41, 5.74) is 0. The molecule has 0 bridgehead atoms. The second kappa shape index (κ2) is 8.37. The van der Waals surface area contributed by atoms with Crippen LogP contribution in [0, 0.1) is 5.92 Å². The first-order valence-corrected chi connectivity index (χ1v) is 8.39. The standard InChI is InChI=1S/C16H28N2O3/c1-2-21-12-15(19)18-11-7-3-6-10-17-16(20)13-8-4-5-9-14(13)18/h13-14H,2-12H2,1H3,(H,17,20)/t13-,14+/m1/s1. The van der Waals surface area contributed by atoms with Crippen molar-refractivity contribution < 1.29 is 14.3 Å². The summed E-state index contributed by atoms with van der Waals surface area (Å²) in [7, 11) is 0. The largest absolute Gasteiger partial charge is 0.372 e. The van der Waals surface area contributed by atoms with E-state index in [0.717, 1.165) is 58.0 Å². The second-order valence-corrected chi connectivity index (χ2v) is 6.03. The molecule has 0 aromatic heterocycles. The van der Waals surface area contributed by atoms with Crippen LogP contribution in [0.5, 0.6) is 0 Å². The maximum absolute atomic E-state index is 12.5. The van der Waals surface area contributed by atoms with Crippen LogP contribution >= 0.6 is 0 Å². The van der Waals surface area contributed by atoms with Crippen molar-refractivity contribution in [2.24, 2.45) is 5.92 Å². The van der Waals surface area contributed by atoms with E-state index in [1.165, 1.54) is 0 Å². The Bertz CT molecular complexity index is 359. The van der Waals surface area contributed by atoms with Crippen molar-refractivity contribution in [3.05, 3.63) is 0 Å². The molecule has 1 aliphatic carbocycles. The molecule has 0 unspecified atom stereocenters. The van der Waals surface area contributed by atoms with Crippen molar-refractivity contribution in [2.75, 3.05) is 26.3 Å². The van der Waals surface area contributed by atoms with E-state index in [4.69, 9.17) is 4.74 Å². The lowest BCUT2D eigenvalue weighted by atomic mass is 9.82. The quantitative estimate of drug-likeness (QED) is 0.862. The van der Waals surface area contributed by atoms with Crippen molar-refractivity contribution in [3.63, 3.8) is 0 Å². The van der Waals surface area contributed by atoms with E-state index in [0.29, 0.717) is 6.61 Å². The van der Waals surface area contributed by atoms with Crippen molar-refractivity contribution in [1.82, 2.24) is 10.2 Å². The average Bonchev–Trinajstić information content (AvgIpc) is 2.51. The van der Waals surface area contributed by atoms with Crippen LogP contribution < -0.4 is 5.32 Å². The third-order valence-electron chi connectivity index (χ3n) is 4.59. The van der Waals surface area contributed by atoms with Crippen molar-refractivity contribution in [3.8, 4) is 0 Å². The topological polar surface area (TPSA) is 58.6 Å². The number of nitrogens with zero attached hydrogens (tertiary/aromatic N) is 1. The van der Waals surface area contributed by atoms with Gasteiger partial charge in [-0.1, -0.05) is 12.8 Å². The smallest absolute Gasteiger partial charge is 0.248 e. The first-order chi connectivity index (χ1) is 10.2. The van der Waals surface area contributed by atoms with Crippen LogP contribution in [0.15, 0.2) is 0 Å². The Morgan fingerprint density at radius 3 is 2.86 bits per heavy atom. The molecular weight excluding hydrogens is 268 g/mol. The maximum atomic E-state index is 12.5. The molecule has 1 saturated heterocycles. The van der Waals surface area contributed by atoms with Gasteiger partial charge < -0.3 is 15.0 Å². The van der Waals surface area contributed by atoms with Gasteiger partial charge in [-0.05, 0) is 39.0 Å². The van der Waals surface area contributed by atoms with Crippen LogP contribution in [-0.2, 0) is 14.3 Å². The molecule has 5 nitrogen and oxygen atoms in total. The van der Waals surface area contributed by atoms with Gasteiger partial charge >= 0.3 is 0 Å². The number of amides is 2. The molecule has 2 aliphatic rings. The highest BCUT2D eigenvalue weighted by atomic mass is 16.5. The minimum absolute atomic E-state index is 0.0394. The van der Waals surface area contributed by atoms with E-state index in [-0.39, 0.29) is 30.4 Å². The number of rotatable bonds is 3. The molecular formula is C16H28N2O3. The molecule has 21 heavy (non-hydrogen) atoms. The van der Waals surface area contributed by atoms with Gasteiger partial charge in [-0.25, -0.2) is 0 Å². The Morgan fingerprint density at radius 1 is 1.24 bits per heavy atom. The normalized spacial score (nSPS) is 27.7. The fraction of sp³-hybridized carbons (Fsp3) is 0.875. The van der Waals surface area contributed by atoms with E-state index in [9.17, 15) is 9.59 Å². The summed E-state index contributed by atoms with van der Waals surface area (Å²) < 4.78 is 5.29. The monoisotopic (exact) mass is 296 g/mol. The Balaban J connectivity index is 2.12. The zero-order valence-electron chi connectivity index (χ0n) is 13.1. The average molecular weight is 296 g/mol. The van der Waals surface area contributed by atoms with Gasteiger partial charge in [0.25, 0.3) is 0 Å². The molecule has 5 heteroatoms. The van der Waals surface area contributed by atoms with Gasteiger partial charge in [-0.15, -0.1) is 0 Å². The van der Waals surface area contributed by atoms with Crippen LogP contribution in [0.4, 0.5) is 0 Å². The summed E-state index contributed by atoms with van der Waals surface area (Å²) >= 11 is 0. The number of carbonyl (C=O) groups is 2. The molecule has 0 aromatic carbocycles. The predicted molar refractivity (Wildman–Crippen MR) is 80.8 cm³/mol. The summed E-state index contributed by atoms with van der Waals surface area (Å²) in [4.78, 5) is 26.8. The van der Waals surface area contributed by atoms with E-state index >= 15 is 0 Å². The molecule has 2 fully saturated rings. The van der Waals surface area contributed by atoms with Crippen LogP contribution in [0.3, 0.4) is 0 Å². The Hall–Kier alpha value is -1.10. The lowest BCUT2D eigenvalue weighted by molar-refractivity contribution is -0.143. The van der Waals surface area contributed by atoms with Gasteiger partial charge in [0, 0.05) is 25.7 Å². The lowest BCUT2D eigenvalue weighted by Gasteiger charge is -2.40. The highest BCUT2D eigenvalue weighted by molar-refractivity contribution is 5.82. The molecule has 0 radical (unpaired) electrons. The Morgan fingerprint density at radius 2 is 2.05 bits per heavy atom. The third kappa shape index (κ3) is 4.43. The highest BCUT2D eigenvalue weighted by Crippen LogP contribution is 2.29. The zero-order valence-corrected chi connectivity index (χ0v) is 13.1.